The molecule has 0 aliphatic carbocycles. The number of hydrogen-bond acceptors (Lipinski definition) is 4. The van der Waals surface area contributed by atoms with Gasteiger partial charge in [0.2, 0.25) is 0 Å². The number of rotatable bonds is 6. The molecule has 0 fully saturated rings. The normalized spacial score (nSPS) is 10.7. The Morgan fingerprint density at radius 3 is 2.79 bits per heavy atom. The third-order valence-electron chi connectivity index (χ3n) is 4.58. The minimum absolute atomic E-state index is 0.226. The molecule has 2 N–H and O–H groups in total. The number of carbonyl (C=O) groups excluding carboxylic acids is 1. The van der Waals surface area contributed by atoms with Gasteiger partial charge >= 0.3 is 6.03 Å². The molecule has 2 amide bonds. The van der Waals surface area contributed by atoms with Crippen molar-refractivity contribution in [2.75, 3.05) is 19.5 Å². The number of nitrogens with zero attached hydrogens (tertiary/aromatic N) is 2. The highest BCUT2D eigenvalue weighted by Gasteiger charge is 2.20. The molecule has 146 valence electrons. The molecule has 3 rings (SSSR count). The number of amides is 2. The van der Waals surface area contributed by atoms with E-state index in [4.69, 9.17) is 4.74 Å². The number of aromatic nitrogens is 2. The number of nitrogens with one attached hydrogen (secondary N) is 2. The molecule has 7 nitrogen and oxygen atoms in total. The van der Waals surface area contributed by atoms with E-state index in [-0.39, 0.29) is 11.2 Å². The van der Waals surface area contributed by atoms with Crippen LogP contribution in [0.4, 0.5) is 10.5 Å². The van der Waals surface area contributed by atoms with Crippen LogP contribution in [0.5, 0.6) is 5.75 Å². The lowest BCUT2D eigenvalue weighted by molar-refractivity contribution is 0.254. The van der Waals surface area contributed by atoms with Crippen LogP contribution < -0.4 is 20.9 Å². The van der Waals surface area contributed by atoms with E-state index >= 15 is 0 Å². The summed E-state index contributed by atoms with van der Waals surface area (Å²) in [6.45, 7) is 2.60. The van der Waals surface area contributed by atoms with Gasteiger partial charge < -0.3 is 15.4 Å². The molecule has 7 heteroatoms. The van der Waals surface area contributed by atoms with Crippen LogP contribution in [0.1, 0.15) is 19.8 Å². The number of methoxy groups -OCH3 is 1. The molecular formula is C21H24N4O3. The first kappa shape index (κ1) is 19.4. The van der Waals surface area contributed by atoms with Crippen molar-refractivity contribution in [2.24, 2.45) is 0 Å². The maximum Gasteiger partial charge on any atom is 0.319 e. The van der Waals surface area contributed by atoms with E-state index in [1.54, 1.807) is 17.9 Å². The SMILES string of the molecule is CCCCn1c(=O)c(NC(=O)NC)c(-c2cccc(OC)c2)c2cccnc21. The summed E-state index contributed by atoms with van der Waals surface area (Å²) in [5.74, 6) is 0.663. The van der Waals surface area contributed by atoms with Crippen molar-refractivity contribution >= 4 is 22.8 Å². The lowest BCUT2D eigenvalue weighted by Gasteiger charge is -2.18. The summed E-state index contributed by atoms with van der Waals surface area (Å²) in [6.07, 6.45) is 3.45. The molecule has 2 aromatic heterocycles. The van der Waals surface area contributed by atoms with E-state index in [1.165, 1.54) is 7.05 Å². The van der Waals surface area contributed by atoms with Crippen LogP contribution in [0.2, 0.25) is 0 Å². The van der Waals surface area contributed by atoms with Crippen molar-refractivity contribution in [3.8, 4) is 16.9 Å². The Morgan fingerprint density at radius 1 is 1.25 bits per heavy atom. The maximum atomic E-state index is 13.3. The average Bonchev–Trinajstić information content (AvgIpc) is 2.73. The third-order valence-corrected chi connectivity index (χ3v) is 4.58. The molecule has 0 radical (unpaired) electrons. The van der Waals surface area contributed by atoms with Gasteiger partial charge in [-0.2, -0.15) is 0 Å². The number of urea groups is 1. The van der Waals surface area contributed by atoms with E-state index in [9.17, 15) is 9.59 Å². The fourth-order valence-corrected chi connectivity index (χ4v) is 3.17. The van der Waals surface area contributed by atoms with Gasteiger partial charge in [0.25, 0.3) is 5.56 Å². The number of ether oxygens (including phenoxy) is 1. The number of hydrogen-bond donors (Lipinski definition) is 2. The van der Waals surface area contributed by atoms with Gasteiger partial charge in [-0.1, -0.05) is 25.5 Å². The molecule has 0 spiro atoms. The fraction of sp³-hybridized carbons (Fsp3) is 0.286. The molecule has 28 heavy (non-hydrogen) atoms. The minimum Gasteiger partial charge on any atom is -0.497 e. The lowest BCUT2D eigenvalue weighted by Crippen LogP contribution is -2.32. The first-order valence-corrected chi connectivity index (χ1v) is 9.25. The third kappa shape index (κ3) is 3.69. The Balaban J connectivity index is 2.38. The van der Waals surface area contributed by atoms with Crippen LogP contribution >= 0.6 is 0 Å². The zero-order valence-corrected chi connectivity index (χ0v) is 16.3. The Bertz CT molecular complexity index is 1060. The lowest BCUT2D eigenvalue weighted by atomic mass is 10.00. The second kappa shape index (κ2) is 8.56. The van der Waals surface area contributed by atoms with Gasteiger partial charge in [-0.15, -0.1) is 0 Å². The van der Waals surface area contributed by atoms with Gasteiger partial charge in [0, 0.05) is 30.7 Å². The van der Waals surface area contributed by atoms with Crippen LogP contribution in [0, 0.1) is 0 Å². The molecule has 2 heterocycles. The summed E-state index contributed by atoms with van der Waals surface area (Å²) in [5.41, 5.74) is 1.94. The van der Waals surface area contributed by atoms with Crippen LogP contribution in [-0.4, -0.2) is 29.7 Å². The maximum absolute atomic E-state index is 13.3. The second-order valence-electron chi connectivity index (χ2n) is 6.37. The number of carbonyl (C=O) groups is 1. The number of aryl methyl sites for hydroxylation is 1. The highest BCUT2D eigenvalue weighted by atomic mass is 16.5. The quantitative estimate of drug-likeness (QED) is 0.684. The predicted molar refractivity (Wildman–Crippen MR) is 111 cm³/mol. The van der Waals surface area contributed by atoms with Crippen molar-refractivity contribution in [3.05, 3.63) is 52.9 Å². The van der Waals surface area contributed by atoms with Crippen molar-refractivity contribution in [1.82, 2.24) is 14.9 Å². The average molecular weight is 380 g/mol. The minimum atomic E-state index is -0.452. The first-order chi connectivity index (χ1) is 13.6. The number of fused-ring (bicyclic) bond motifs is 1. The molecule has 0 aliphatic heterocycles. The monoisotopic (exact) mass is 380 g/mol. The summed E-state index contributed by atoms with van der Waals surface area (Å²) in [7, 11) is 3.10. The molecule has 1 aromatic carbocycles. The molecule has 0 saturated heterocycles. The van der Waals surface area contributed by atoms with Crippen LogP contribution in [-0.2, 0) is 6.54 Å². The van der Waals surface area contributed by atoms with E-state index in [0.29, 0.717) is 23.5 Å². The van der Waals surface area contributed by atoms with Crippen molar-refractivity contribution in [1.29, 1.82) is 0 Å². The summed E-state index contributed by atoms with van der Waals surface area (Å²) in [6, 6.07) is 10.7. The Hall–Kier alpha value is -3.35. The van der Waals surface area contributed by atoms with Crippen molar-refractivity contribution in [3.63, 3.8) is 0 Å². The smallest absolute Gasteiger partial charge is 0.319 e. The summed E-state index contributed by atoms with van der Waals surface area (Å²) >= 11 is 0. The Morgan fingerprint density at radius 2 is 2.07 bits per heavy atom. The van der Waals surface area contributed by atoms with Gasteiger partial charge in [0.05, 0.1) is 7.11 Å². The fourth-order valence-electron chi connectivity index (χ4n) is 3.17. The van der Waals surface area contributed by atoms with Crippen molar-refractivity contribution < 1.29 is 9.53 Å². The zero-order chi connectivity index (χ0) is 20.1. The van der Waals surface area contributed by atoms with Gasteiger partial charge in [-0.3, -0.25) is 9.36 Å². The van der Waals surface area contributed by atoms with Crippen LogP contribution in [0.15, 0.2) is 47.4 Å². The van der Waals surface area contributed by atoms with E-state index in [0.717, 1.165) is 23.8 Å². The first-order valence-electron chi connectivity index (χ1n) is 9.25. The molecule has 3 aromatic rings. The number of benzene rings is 1. The zero-order valence-electron chi connectivity index (χ0n) is 16.3. The van der Waals surface area contributed by atoms with Crippen molar-refractivity contribution in [2.45, 2.75) is 26.3 Å². The topological polar surface area (TPSA) is 85.2 Å². The number of pyridine rings is 2. The molecule has 0 unspecified atom stereocenters. The summed E-state index contributed by atoms with van der Waals surface area (Å²) in [5, 5.41) is 6.03. The van der Waals surface area contributed by atoms with Gasteiger partial charge in [0.1, 0.15) is 17.1 Å². The second-order valence-corrected chi connectivity index (χ2v) is 6.37. The largest absolute Gasteiger partial charge is 0.497 e. The molecule has 0 aliphatic rings. The van der Waals surface area contributed by atoms with E-state index < -0.39 is 6.03 Å². The molecule has 0 bridgehead atoms. The van der Waals surface area contributed by atoms with Gasteiger partial charge in [-0.25, -0.2) is 9.78 Å². The number of unbranched alkanes of at least 4 members (excludes halogenated alkanes) is 1. The highest BCUT2D eigenvalue weighted by Crippen LogP contribution is 2.34. The molecule has 0 saturated carbocycles. The van der Waals surface area contributed by atoms with Crippen LogP contribution in [0.3, 0.4) is 0 Å². The van der Waals surface area contributed by atoms with Crippen LogP contribution in [0.25, 0.3) is 22.2 Å². The predicted octanol–water partition coefficient (Wildman–Crippen LogP) is 3.62. The standard InChI is InChI=1S/C21H24N4O3/c1-4-5-12-25-19-16(10-7-11-23-19)17(14-8-6-9-15(13-14)28-3)18(20(25)26)24-21(27)22-2/h6-11,13H,4-5,12H2,1-3H3,(H2,22,24,27). The molecular weight excluding hydrogens is 356 g/mol. The van der Waals surface area contributed by atoms with E-state index in [1.807, 2.05) is 36.4 Å². The molecule has 0 atom stereocenters. The summed E-state index contributed by atoms with van der Waals surface area (Å²) < 4.78 is 6.97. The van der Waals surface area contributed by atoms with Gasteiger partial charge in [-0.05, 0) is 36.2 Å². The number of anilines is 1. The highest BCUT2D eigenvalue weighted by molar-refractivity contribution is 6.04. The summed E-state index contributed by atoms with van der Waals surface area (Å²) in [4.78, 5) is 29.9. The van der Waals surface area contributed by atoms with E-state index in [2.05, 4.69) is 22.5 Å². The Labute approximate surface area is 163 Å². The van der Waals surface area contributed by atoms with Gasteiger partial charge in [0.15, 0.2) is 0 Å². The Kier molecular flexibility index (Phi) is 5.93.